The Morgan fingerprint density at radius 2 is 2.39 bits per heavy atom. The Hall–Kier alpha value is -1.10. The lowest BCUT2D eigenvalue weighted by molar-refractivity contribution is -0.126. The fraction of sp³-hybridized carbons (Fsp3) is 0.462. The van der Waals surface area contributed by atoms with Crippen molar-refractivity contribution in [2.75, 3.05) is 13.1 Å². The molecule has 1 atom stereocenters. The first-order valence-electron chi connectivity index (χ1n) is 6.16. The molecule has 1 heterocycles. The second-order valence-corrected chi connectivity index (χ2v) is 5.15. The summed E-state index contributed by atoms with van der Waals surface area (Å²) in [6.07, 6.45) is 1.94. The Morgan fingerprint density at radius 1 is 1.56 bits per heavy atom. The Bertz CT molecular complexity index is 424. The van der Waals surface area contributed by atoms with Gasteiger partial charge in [0.15, 0.2) is 0 Å². The third kappa shape index (κ3) is 3.45. The van der Waals surface area contributed by atoms with E-state index in [-0.39, 0.29) is 11.8 Å². The van der Waals surface area contributed by atoms with Crippen molar-refractivity contribution in [3.8, 4) is 0 Å². The third-order valence-corrected chi connectivity index (χ3v) is 3.55. The van der Waals surface area contributed by atoms with Gasteiger partial charge in [0.05, 0.1) is 5.92 Å². The molecule has 4 nitrogen and oxygen atoms in total. The van der Waals surface area contributed by atoms with Crippen LogP contribution in [0.1, 0.15) is 18.4 Å². The highest BCUT2D eigenvalue weighted by Gasteiger charge is 2.25. The molecule has 1 aromatic rings. The van der Waals surface area contributed by atoms with Crippen molar-refractivity contribution in [3.05, 3.63) is 34.9 Å². The van der Waals surface area contributed by atoms with E-state index in [2.05, 4.69) is 16.4 Å². The monoisotopic (exact) mass is 267 g/mol. The van der Waals surface area contributed by atoms with Crippen LogP contribution in [0.2, 0.25) is 5.02 Å². The molecule has 0 aliphatic carbocycles. The first kappa shape index (κ1) is 13.3. The normalized spacial score (nSPS) is 20.7. The summed E-state index contributed by atoms with van der Waals surface area (Å²) in [5, 5.41) is 0.751. The molecule has 98 valence electrons. The molecule has 1 amide bonds. The first-order chi connectivity index (χ1) is 8.69. The maximum absolute atomic E-state index is 11.5. The number of amides is 1. The van der Waals surface area contributed by atoms with Gasteiger partial charge in [0.25, 0.3) is 0 Å². The number of carbonyl (C=O) groups is 1. The molecule has 5 heteroatoms. The standard InChI is InChI=1S/C13H18ClN3O/c14-12-5-1-3-10(7-12)8-17-6-2-4-11(9-17)13(18)16-15/h1,3,5,7,11H,2,4,6,8-9,15H2,(H,16,18)/t11-/m1/s1. The van der Waals surface area contributed by atoms with Crippen LogP contribution in [0.15, 0.2) is 24.3 Å². The van der Waals surface area contributed by atoms with Crippen molar-refractivity contribution in [2.24, 2.45) is 11.8 Å². The number of piperidine rings is 1. The van der Waals surface area contributed by atoms with Gasteiger partial charge < -0.3 is 0 Å². The van der Waals surface area contributed by atoms with Crippen molar-refractivity contribution in [1.82, 2.24) is 10.3 Å². The molecule has 18 heavy (non-hydrogen) atoms. The molecule has 1 aliphatic rings. The van der Waals surface area contributed by atoms with E-state index in [1.54, 1.807) is 0 Å². The minimum atomic E-state index is -0.0641. The Balaban J connectivity index is 1.95. The van der Waals surface area contributed by atoms with Gasteiger partial charge >= 0.3 is 0 Å². The molecule has 2 rings (SSSR count). The van der Waals surface area contributed by atoms with E-state index < -0.39 is 0 Å². The summed E-state index contributed by atoms with van der Waals surface area (Å²) in [7, 11) is 0. The summed E-state index contributed by atoms with van der Waals surface area (Å²) in [5.41, 5.74) is 3.42. The SMILES string of the molecule is NNC(=O)[C@@H]1CCCN(Cc2cccc(Cl)c2)C1. The lowest BCUT2D eigenvalue weighted by Crippen LogP contribution is -2.44. The molecule has 0 radical (unpaired) electrons. The number of hydrogen-bond donors (Lipinski definition) is 2. The second-order valence-electron chi connectivity index (χ2n) is 4.71. The maximum atomic E-state index is 11.5. The fourth-order valence-corrected chi connectivity index (χ4v) is 2.64. The number of likely N-dealkylation sites (tertiary alicyclic amines) is 1. The summed E-state index contributed by atoms with van der Waals surface area (Å²) < 4.78 is 0. The Kier molecular flexibility index (Phi) is 4.58. The molecule has 0 spiro atoms. The molecule has 0 saturated carbocycles. The molecule has 0 bridgehead atoms. The first-order valence-corrected chi connectivity index (χ1v) is 6.54. The van der Waals surface area contributed by atoms with Gasteiger partial charge in [-0.25, -0.2) is 5.84 Å². The van der Waals surface area contributed by atoms with E-state index in [0.29, 0.717) is 0 Å². The number of halogens is 1. The lowest BCUT2D eigenvalue weighted by atomic mass is 9.97. The highest BCUT2D eigenvalue weighted by atomic mass is 35.5. The van der Waals surface area contributed by atoms with Crippen LogP contribution in [0, 0.1) is 5.92 Å². The molecular weight excluding hydrogens is 250 g/mol. The number of nitrogens with zero attached hydrogens (tertiary/aromatic N) is 1. The highest BCUT2D eigenvalue weighted by molar-refractivity contribution is 6.30. The van der Waals surface area contributed by atoms with Crippen molar-refractivity contribution in [3.63, 3.8) is 0 Å². The van der Waals surface area contributed by atoms with Crippen LogP contribution in [0.3, 0.4) is 0 Å². The number of benzene rings is 1. The fourth-order valence-electron chi connectivity index (χ4n) is 2.42. The van der Waals surface area contributed by atoms with Gasteiger partial charge in [0.1, 0.15) is 0 Å². The summed E-state index contributed by atoms with van der Waals surface area (Å²) in [5.74, 6) is 5.12. The number of hydrogen-bond acceptors (Lipinski definition) is 3. The maximum Gasteiger partial charge on any atom is 0.238 e. The molecule has 3 N–H and O–H groups in total. The molecular formula is C13H18ClN3O. The van der Waals surface area contributed by atoms with E-state index in [1.807, 2.05) is 18.2 Å². The van der Waals surface area contributed by atoms with Gasteiger partial charge in [-0.15, -0.1) is 0 Å². The minimum Gasteiger partial charge on any atom is -0.298 e. The van der Waals surface area contributed by atoms with Crippen molar-refractivity contribution in [1.29, 1.82) is 0 Å². The van der Waals surface area contributed by atoms with Crippen LogP contribution in [0.5, 0.6) is 0 Å². The van der Waals surface area contributed by atoms with E-state index in [0.717, 1.165) is 37.5 Å². The van der Waals surface area contributed by atoms with Crippen molar-refractivity contribution in [2.45, 2.75) is 19.4 Å². The molecule has 0 unspecified atom stereocenters. The van der Waals surface area contributed by atoms with Crippen molar-refractivity contribution >= 4 is 17.5 Å². The predicted molar refractivity (Wildman–Crippen MR) is 71.8 cm³/mol. The van der Waals surface area contributed by atoms with E-state index >= 15 is 0 Å². The van der Waals surface area contributed by atoms with Crippen LogP contribution in [0.25, 0.3) is 0 Å². The summed E-state index contributed by atoms with van der Waals surface area (Å²) in [6, 6.07) is 7.84. The number of nitrogens with one attached hydrogen (secondary N) is 1. The molecule has 0 aromatic heterocycles. The molecule has 1 saturated heterocycles. The van der Waals surface area contributed by atoms with Gasteiger partial charge in [-0.3, -0.25) is 15.1 Å². The second kappa shape index (κ2) is 6.18. The average Bonchev–Trinajstić information content (AvgIpc) is 2.38. The largest absolute Gasteiger partial charge is 0.298 e. The summed E-state index contributed by atoms with van der Waals surface area (Å²) >= 11 is 5.96. The zero-order valence-electron chi connectivity index (χ0n) is 10.2. The summed E-state index contributed by atoms with van der Waals surface area (Å²) in [6.45, 7) is 2.60. The molecule has 1 aromatic carbocycles. The topological polar surface area (TPSA) is 58.4 Å². The van der Waals surface area contributed by atoms with Gasteiger partial charge in [-0.05, 0) is 37.1 Å². The van der Waals surface area contributed by atoms with E-state index in [4.69, 9.17) is 17.4 Å². The smallest absolute Gasteiger partial charge is 0.238 e. The van der Waals surface area contributed by atoms with E-state index in [1.165, 1.54) is 5.56 Å². The van der Waals surface area contributed by atoms with Crippen LogP contribution in [-0.2, 0) is 11.3 Å². The zero-order valence-corrected chi connectivity index (χ0v) is 11.0. The van der Waals surface area contributed by atoms with Gasteiger partial charge in [-0.1, -0.05) is 23.7 Å². The minimum absolute atomic E-state index is 0.00272. The van der Waals surface area contributed by atoms with Crippen LogP contribution in [-0.4, -0.2) is 23.9 Å². The predicted octanol–water partition coefficient (Wildman–Crippen LogP) is 1.54. The Labute approximate surface area is 112 Å². The lowest BCUT2D eigenvalue weighted by Gasteiger charge is -2.31. The van der Waals surface area contributed by atoms with Gasteiger partial charge in [0, 0.05) is 18.1 Å². The number of carbonyl (C=O) groups excluding carboxylic acids is 1. The number of hydrazine groups is 1. The quantitative estimate of drug-likeness (QED) is 0.496. The molecule has 1 fully saturated rings. The highest BCUT2D eigenvalue weighted by Crippen LogP contribution is 2.19. The molecule has 1 aliphatic heterocycles. The number of nitrogens with two attached hydrogens (primary N) is 1. The summed E-state index contributed by atoms with van der Waals surface area (Å²) in [4.78, 5) is 13.8. The van der Waals surface area contributed by atoms with Crippen LogP contribution < -0.4 is 11.3 Å². The Morgan fingerprint density at radius 3 is 3.11 bits per heavy atom. The average molecular weight is 268 g/mol. The van der Waals surface area contributed by atoms with E-state index in [9.17, 15) is 4.79 Å². The number of rotatable bonds is 3. The van der Waals surface area contributed by atoms with Crippen LogP contribution >= 0.6 is 11.6 Å². The van der Waals surface area contributed by atoms with Gasteiger partial charge in [0.2, 0.25) is 5.91 Å². The zero-order chi connectivity index (χ0) is 13.0. The third-order valence-electron chi connectivity index (χ3n) is 3.31. The van der Waals surface area contributed by atoms with Crippen LogP contribution in [0.4, 0.5) is 0 Å². The van der Waals surface area contributed by atoms with Gasteiger partial charge in [-0.2, -0.15) is 0 Å². The van der Waals surface area contributed by atoms with Crippen molar-refractivity contribution < 1.29 is 4.79 Å².